The third-order valence-electron chi connectivity index (χ3n) is 5.03. The summed E-state index contributed by atoms with van der Waals surface area (Å²) in [5.41, 5.74) is 2.51. The van der Waals surface area contributed by atoms with E-state index in [0.717, 1.165) is 33.7 Å². The molecule has 0 atom stereocenters. The Kier molecular flexibility index (Phi) is 6.09. The number of aromatic amines is 1. The first kappa shape index (κ1) is 20.1. The van der Waals surface area contributed by atoms with Crippen molar-refractivity contribution in [1.29, 1.82) is 0 Å². The lowest BCUT2D eigenvalue weighted by Crippen LogP contribution is -2.42. The zero-order valence-corrected chi connectivity index (χ0v) is 17.5. The highest BCUT2D eigenvalue weighted by Gasteiger charge is 2.23. The van der Waals surface area contributed by atoms with Crippen molar-refractivity contribution in [3.05, 3.63) is 71.6 Å². The van der Waals surface area contributed by atoms with Crippen molar-refractivity contribution in [3.8, 4) is 5.75 Å². The second-order valence-corrected chi connectivity index (χ2v) is 8.16. The first-order valence-electron chi connectivity index (χ1n) is 9.76. The van der Waals surface area contributed by atoms with E-state index >= 15 is 0 Å². The van der Waals surface area contributed by atoms with Crippen LogP contribution >= 0.6 is 11.8 Å². The number of methoxy groups -OCH3 is 1. The molecule has 2 amide bonds. The molecule has 1 aliphatic heterocycles. The number of hydrogen-bond donors (Lipinski definition) is 2. The number of thioether (sulfide) groups is 1. The number of fused-ring (bicyclic) bond motifs is 1. The molecular formula is C23H23N3O3S. The van der Waals surface area contributed by atoms with Gasteiger partial charge >= 0.3 is 0 Å². The number of aromatic nitrogens is 1. The normalized spacial score (nSPS) is 14.6. The summed E-state index contributed by atoms with van der Waals surface area (Å²) in [6.07, 6.45) is 3.57. The van der Waals surface area contributed by atoms with Gasteiger partial charge in [-0.1, -0.05) is 18.2 Å². The van der Waals surface area contributed by atoms with E-state index in [4.69, 9.17) is 4.74 Å². The lowest BCUT2D eigenvalue weighted by molar-refractivity contribution is -0.127. The van der Waals surface area contributed by atoms with E-state index in [1.54, 1.807) is 42.4 Å². The van der Waals surface area contributed by atoms with Gasteiger partial charge in [0.2, 0.25) is 0 Å². The molecule has 2 heterocycles. The molecule has 7 heteroatoms. The minimum atomic E-state index is -0.306. The zero-order valence-electron chi connectivity index (χ0n) is 16.7. The summed E-state index contributed by atoms with van der Waals surface area (Å²) in [7, 11) is 1.62. The first-order valence-corrected chi connectivity index (χ1v) is 10.9. The minimum Gasteiger partial charge on any atom is -0.497 e. The van der Waals surface area contributed by atoms with Crippen LogP contribution in [0.25, 0.3) is 17.0 Å². The summed E-state index contributed by atoms with van der Waals surface area (Å²) < 4.78 is 5.33. The van der Waals surface area contributed by atoms with Crippen LogP contribution in [0.2, 0.25) is 0 Å². The number of nitrogens with one attached hydrogen (secondary N) is 2. The Bertz CT molecular complexity index is 1090. The third-order valence-corrected chi connectivity index (χ3v) is 5.98. The van der Waals surface area contributed by atoms with E-state index in [9.17, 15) is 9.59 Å². The highest BCUT2D eigenvalue weighted by Crippen LogP contribution is 2.25. The molecule has 2 N–H and O–H groups in total. The average molecular weight is 422 g/mol. The number of H-pyrrole nitrogens is 1. The predicted octanol–water partition coefficient (Wildman–Crippen LogP) is 3.52. The molecule has 30 heavy (non-hydrogen) atoms. The van der Waals surface area contributed by atoms with Crippen LogP contribution in [0.4, 0.5) is 0 Å². The SMILES string of the molecule is COc1ccc2[nH]cc(/C=C(\NC(=O)c3ccccc3)C(=O)N3CCSCC3)c2c1. The number of ether oxygens (including phenoxy) is 1. The van der Waals surface area contributed by atoms with Gasteiger partial charge in [-0.05, 0) is 36.4 Å². The van der Waals surface area contributed by atoms with Gasteiger partial charge in [0, 0.05) is 52.8 Å². The van der Waals surface area contributed by atoms with Gasteiger partial charge in [-0.2, -0.15) is 11.8 Å². The Morgan fingerprint density at radius 2 is 1.90 bits per heavy atom. The molecule has 4 rings (SSSR count). The first-order chi connectivity index (χ1) is 14.7. The van der Waals surface area contributed by atoms with Gasteiger partial charge in [0.05, 0.1) is 7.11 Å². The maximum Gasteiger partial charge on any atom is 0.270 e. The fraction of sp³-hybridized carbons (Fsp3) is 0.217. The van der Waals surface area contributed by atoms with Gasteiger partial charge in [-0.25, -0.2) is 0 Å². The Morgan fingerprint density at radius 3 is 2.63 bits per heavy atom. The highest BCUT2D eigenvalue weighted by atomic mass is 32.2. The summed E-state index contributed by atoms with van der Waals surface area (Å²) in [5, 5.41) is 3.76. The van der Waals surface area contributed by atoms with E-state index in [0.29, 0.717) is 18.7 Å². The van der Waals surface area contributed by atoms with Gasteiger partial charge in [-0.3, -0.25) is 9.59 Å². The molecule has 0 saturated carbocycles. The molecule has 0 bridgehead atoms. The van der Waals surface area contributed by atoms with Gasteiger partial charge in [-0.15, -0.1) is 0 Å². The molecule has 6 nitrogen and oxygen atoms in total. The smallest absolute Gasteiger partial charge is 0.270 e. The van der Waals surface area contributed by atoms with Crippen LogP contribution in [-0.4, -0.2) is 53.4 Å². The van der Waals surface area contributed by atoms with Crippen LogP contribution in [-0.2, 0) is 4.79 Å². The second kappa shape index (κ2) is 9.09. The fourth-order valence-corrected chi connectivity index (χ4v) is 4.30. The van der Waals surface area contributed by atoms with Crippen molar-refractivity contribution in [3.63, 3.8) is 0 Å². The summed E-state index contributed by atoms with van der Waals surface area (Å²) in [6, 6.07) is 14.6. The lowest BCUT2D eigenvalue weighted by atomic mass is 10.1. The number of hydrogen-bond acceptors (Lipinski definition) is 4. The molecule has 154 valence electrons. The Hall–Kier alpha value is -3.19. The molecular weight excluding hydrogens is 398 g/mol. The maximum absolute atomic E-state index is 13.2. The molecule has 0 spiro atoms. The van der Waals surface area contributed by atoms with E-state index < -0.39 is 0 Å². The molecule has 1 aliphatic rings. The van der Waals surface area contributed by atoms with E-state index in [2.05, 4.69) is 10.3 Å². The van der Waals surface area contributed by atoms with Crippen LogP contribution in [0.15, 0.2) is 60.4 Å². The number of benzene rings is 2. The van der Waals surface area contributed by atoms with Gasteiger partial charge in [0.1, 0.15) is 11.4 Å². The topological polar surface area (TPSA) is 74.4 Å². The van der Waals surface area contributed by atoms with E-state index in [1.807, 2.05) is 42.2 Å². The molecule has 1 fully saturated rings. The van der Waals surface area contributed by atoms with Crippen molar-refractivity contribution in [2.24, 2.45) is 0 Å². The highest BCUT2D eigenvalue weighted by molar-refractivity contribution is 7.99. The van der Waals surface area contributed by atoms with Crippen molar-refractivity contribution >= 4 is 40.6 Å². The van der Waals surface area contributed by atoms with Crippen molar-refractivity contribution in [2.45, 2.75) is 0 Å². The number of rotatable bonds is 5. The van der Waals surface area contributed by atoms with Crippen molar-refractivity contribution < 1.29 is 14.3 Å². The third kappa shape index (κ3) is 4.36. The monoisotopic (exact) mass is 421 g/mol. The van der Waals surface area contributed by atoms with E-state index in [-0.39, 0.29) is 17.5 Å². The molecule has 2 aromatic carbocycles. The average Bonchev–Trinajstić information content (AvgIpc) is 3.21. The number of carbonyl (C=O) groups excluding carboxylic acids is 2. The van der Waals surface area contributed by atoms with Crippen LogP contribution in [0.1, 0.15) is 15.9 Å². The quantitative estimate of drug-likeness (QED) is 0.618. The van der Waals surface area contributed by atoms with E-state index in [1.165, 1.54) is 0 Å². The molecule has 1 aromatic heterocycles. The van der Waals surface area contributed by atoms with Crippen LogP contribution < -0.4 is 10.1 Å². The number of amides is 2. The largest absolute Gasteiger partial charge is 0.497 e. The second-order valence-electron chi connectivity index (χ2n) is 6.94. The maximum atomic E-state index is 13.2. The Morgan fingerprint density at radius 1 is 1.13 bits per heavy atom. The van der Waals surface area contributed by atoms with Crippen molar-refractivity contribution in [1.82, 2.24) is 15.2 Å². The number of carbonyl (C=O) groups is 2. The molecule has 1 saturated heterocycles. The zero-order chi connectivity index (χ0) is 20.9. The molecule has 0 aliphatic carbocycles. The van der Waals surface area contributed by atoms with Crippen LogP contribution in [0.5, 0.6) is 5.75 Å². The predicted molar refractivity (Wildman–Crippen MR) is 121 cm³/mol. The van der Waals surface area contributed by atoms with Gasteiger partial charge in [0.15, 0.2) is 0 Å². The van der Waals surface area contributed by atoms with Crippen LogP contribution in [0, 0.1) is 0 Å². The summed E-state index contributed by atoms with van der Waals surface area (Å²) in [5.74, 6) is 2.05. The molecule has 0 radical (unpaired) electrons. The number of nitrogens with zero attached hydrogens (tertiary/aromatic N) is 1. The summed E-state index contributed by atoms with van der Waals surface area (Å²) in [6.45, 7) is 1.34. The van der Waals surface area contributed by atoms with Crippen LogP contribution in [0.3, 0.4) is 0 Å². The van der Waals surface area contributed by atoms with Crippen molar-refractivity contribution in [2.75, 3.05) is 31.7 Å². The molecule has 0 unspecified atom stereocenters. The standard InChI is InChI=1S/C23H23N3O3S/c1-29-18-7-8-20-19(14-18)17(15-24-20)13-21(23(28)26-9-11-30-12-10-26)25-22(27)16-5-3-2-4-6-16/h2-8,13-15,24H,9-12H2,1H3,(H,25,27)/b21-13-. The minimum absolute atomic E-state index is 0.170. The van der Waals surface area contributed by atoms with Gasteiger partial charge in [0.25, 0.3) is 11.8 Å². The summed E-state index contributed by atoms with van der Waals surface area (Å²) in [4.78, 5) is 31.0. The lowest BCUT2D eigenvalue weighted by Gasteiger charge is -2.27. The fourth-order valence-electron chi connectivity index (χ4n) is 3.40. The Labute approximate surface area is 179 Å². The summed E-state index contributed by atoms with van der Waals surface area (Å²) >= 11 is 1.83. The molecule has 3 aromatic rings. The van der Waals surface area contributed by atoms with Gasteiger partial charge < -0.3 is 19.9 Å². The Balaban J connectivity index is 1.70.